The van der Waals surface area contributed by atoms with E-state index in [1.54, 1.807) is 7.05 Å². The Morgan fingerprint density at radius 3 is 2.69 bits per heavy atom. The van der Waals surface area contributed by atoms with Crippen LogP contribution in [0.25, 0.3) is 0 Å². The lowest BCUT2D eigenvalue weighted by Crippen LogP contribution is -2.46. The number of morpholine rings is 1. The molecule has 8 heteroatoms. The van der Waals surface area contributed by atoms with Gasteiger partial charge in [-0.3, -0.25) is 14.7 Å². The van der Waals surface area contributed by atoms with Crippen molar-refractivity contribution in [2.24, 2.45) is 10.9 Å². The van der Waals surface area contributed by atoms with Gasteiger partial charge in [-0.2, -0.15) is 0 Å². The molecule has 29 heavy (non-hydrogen) atoms. The minimum absolute atomic E-state index is 0.147. The number of amides is 1. The van der Waals surface area contributed by atoms with Crippen molar-refractivity contribution in [1.29, 1.82) is 0 Å². The monoisotopic (exact) mass is 421 g/mol. The SMILES string of the molecule is CCNC(=NCC(c1cccs1)N1CCOCC1)N1CCC(CC(=O)NC)CC1. The molecule has 0 aromatic carbocycles. The highest BCUT2D eigenvalue weighted by atomic mass is 32.1. The first-order valence-electron chi connectivity index (χ1n) is 10.8. The number of piperidine rings is 1. The first-order valence-corrected chi connectivity index (χ1v) is 11.7. The normalized spacial score (nSPS) is 20.5. The van der Waals surface area contributed by atoms with Crippen molar-refractivity contribution in [3.63, 3.8) is 0 Å². The quantitative estimate of drug-likeness (QED) is 0.520. The van der Waals surface area contributed by atoms with E-state index in [-0.39, 0.29) is 5.91 Å². The molecule has 1 aromatic rings. The Hall–Kier alpha value is -1.64. The lowest BCUT2D eigenvalue weighted by atomic mass is 9.93. The van der Waals surface area contributed by atoms with Gasteiger partial charge in [0.05, 0.1) is 25.8 Å². The maximum absolute atomic E-state index is 11.7. The third kappa shape index (κ3) is 6.42. The molecule has 1 unspecified atom stereocenters. The van der Waals surface area contributed by atoms with Gasteiger partial charge in [-0.1, -0.05) is 6.07 Å². The van der Waals surface area contributed by atoms with Crippen molar-refractivity contribution in [3.05, 3.63) is 22.4 Å². The van der Waals surface area contributed by atoms with Gasteiger partial charge in [0.15, 0.2) is 5.96 Å². The van der Waals surface area contributed by atoms with E-state index in [0.717, 1.165) is 71.3 Å². The van der Waals surface area contributed by atoms with Crippen molar-refractivity contribution in [1.82, 2.24) is 20.4 Å². The first-order chi connectivity index (χ1) is 14.2. The second-order valence-electron chi connectivity index (χ2n) is 7.68. The van der Waals surface area contributed by atoms with E-state index < -0.39 is 0 Å². The first kappa shape index (κ1) is 22.1. The standard InChI is InChI=1S/C21H35N5O2S/c1-3-23-21(26-8-6-17(7-9-26)15-20(27)22-2)24-16-18(19-5-4-14-29-19)25-10-12-28-13-11-25/h4-5,14,17-18H,3,6-13,15-16H2,1-2H3,(H,22,27)(H,23,24). The van der Waals surface area contributed by atoms with Crippen LogP contribution in [0, 0.1) is 5.92 Å². The van der Waals surface area contributed by atoms with E-state index in [9.17, 15) is 4.79 Å². The van der Waals surface area contributed by atoms with Crippen LogP contribution in [0.2, 0.25) is 0 Å². The molecule has 3 rings (SSSR count). The summed E-state index contributed by atoms with van der Waals surface area (Å²) in [7, 11) is 1.71. The molecule has 2 saturated heterocycles. The van der Waals surface area contributed by atoms with E-state index in [4.69, 9.17) is 9.73 Å². The number of carbonyl (C=O) groups is 1. The number of carbonyl (C=O) groups excluding carboxylic acids is 1. The lowest BCUT2D eigenvalue weighted by molar-refractivity contribution is -0.121. The number of hydrogen-bond acceptors (Lipinski definition) is 5. The van der Waals surface area contributed by atoms with Crippen molar-refractivity contribution in [2.45, 2.75) is 32.2 Å². The van der Waals surface area contributed by atoms with E-state index >= 15 is 0 Å². The third-order valence-corrected chi connectivity index (χ3v) is 6.75. The highest BCUT2D eigenvalue weighted by Gasteiger charge is 2.26. The average Bonchev–Trinajstić information content (AvgIpc) is 3.29. The largest absolute Gasteiger partial charge is 0.379 e. The van der Waals surface area contributed by atoms with Gasteiger partial charge in [0.25, 0.3) is 0 Å². The Kier molecular flexibility index (Phi) is 8.76. The van der Waals surface area contributed by atoms with Gasteiger partial charge in [0.2, 0.25) is 5.91 Å². The van der Waals surface area contributed by atoms with Crippen LogP contribution in [0.4, 0.5) is 0 Å². The smallest absolute Gasteiger partial charge is 0.220 e. The van der Waals surface area contributed by atoms with Crippen LogP contribution in [0.1, 0.15) is 37.1 Å². The Bertz CT molecular complexity index is 638. The number of hydrogen-bond donors (Lipinski definition) is 2. The molecule has 0 saturated carbocycles. The molecule has 162 valence electrons. The molecule has 0 bridgehead atoms. The summed E-state index contributed by atoms with van der Waals surface area (Å²) in [5.74, 6) is 1.62. The summed E-state index contributed by atoms with van der Waals surface area (Å²) in [5, 5.41) is 8.37. The highest BCUT2D eigenvalue weighted by molar-refractivity contribution is 7.10. The molecule has 2 fully saturated rings. The van der Waals surface area contributed by atoms with Crippen molar-refractivity contribution in [3.8, 4) is 0 Å². The minimum atomic E-state index is 0.147. The van der Waals surface area contributed by atoms with Gasteiger partial charge in [-0.15, -0.1) is 11.3 Å². The molecule has 0 aliphatic carbocycles. The summed E-state index contributed by atoms with van der Waals surface area (Å²) in [4.78, 5) is 22.9. The fraction of sp³-hybridized carbons (Fsp3) is 0.714. The predicted molar refractivity (Wildman–Crippen MR) is 118 cm³/mol. The van der Waals surface area contributed by atoms with Gasteiger partial charge in [-0.25, -0.2) is 0 Å². The maximum atomic E-state index is 11.7. The Morgan fingerprint density at radius 1 is 1.31 bits per heavy atom. The van der Waals surface area contributed by atoms with Crippen LogP contribution in [-0.4, -0.2) is 81.2 Å². The maximum Gasteiger partial charge on any atom is 0.220 e. The number of nitrogens with zero attached hydrogens (tertiary/aromatic N) is 3. The van der Waals surface area contributed by atoms with Crippen LogP contribution in [-0.2, 0) is 9.53 Å². The highest BCUT2D eigenvalue weighted by Crippen LogP contribution is 2.27. The summed E-state index contributed by atoms with van der Waals surface area (Å²) in [6.07, 6.45) is 2.71. The number of guanidine groups is 1. The number of likely N-dealkylation sites (tertiary alicyclic amines) is 1. The zero-order chi connectivity index (χ0) is 20.5. The summed E-state index contributed by atoms with van der Waals surface area (Å²) in [5.41, 5.74) is 0. The van der Waals surface area contributed by atoms with Crippen LogP contribution in [0.5, 0.6) is 0 Å². The number of thiophene rings is 1. The minimum Gasteiger partial charge on any atom is -0.379 e. The van der Waals surface area contributed by atoms with Crippen molar-refractivity contribution >= 4 is 23.2 Å². The number of ether oxygens (including phenoxy) is 1. The van der Waals surface area contributed by atoms with Gasteiger partial charge >= 0.3 is 0 Å². The second kappa shape index (κ2) is 11.5. The van der Waals surface area contributed by atoms with Crippen LogP contribution in [0.15, 0.2) is 22.5 Å². The predicted octanol–water partition coefficient (Wildman–Crippen LogP) is 1.94. The fourth-order valence-electron chi connectivity index (χ4n) is 4.07. The third-order valence-electron chi connectivity index (χ3n) is 5.77. The summed E-state index contributed by atoms with van der Waals surface area (Å²) >= 11 is 1.81. The Labute approximate surface area is 178 Å². The molecule has 2 aliphatic heterocycles. The van der Waals surface area contributed by atoms with E-state index in [0.29, 0.717) is 18.4 Å². The van der Waals surface area contributed by atoms with Crippen LogP contribution >= 0.6 is 11.3 Å². The molecule has 2 aliphatic rings. The zero-order valence-electron chi connectivity index (χ0n) is 17.7. The average molecular weight is 422 g/mol. The van der Waals surface area contributed by atoms with E-state index in [1.165, 1.54) is 4.88 Å². The molecule has 0 radical (unpaired) electrons. The summed E-state index contributed by atoms with van der Waals surface area (Å²) in [6, 6.07) is 4.65. The molecular formula is C21H35N5O2S. The van der Waals surface area contributed by atoms with Crippen LogP contribution in [0.3, 0.4) is 0 Å². The fourth-order valence-corrected chi connectivity index (χ4v) is 4.92. The molecule has 2 N–H and O–H groups in total. The number of rotatable bonds is 7. The van der Waals surface area contributed by atoms with E-state index in [1.807, 2.05) is 11.3 Å². The van der Waals surface area contributed by atoms with Gasteiger partial charge in [0.1, 0.15) is 0 Å². The van der Waals surface area contributed by atoms with Crippen LogP contribution < -0.4 is 10.6 Å². The second-order valence-corrected chi connectivity index (χ2v) is 8.66. The molecule has 7 nitrogen and oxygen atoms in total. The Morgan fingerprint density at radius 2 is 2.07 bits per heavy atom. The molecule has 1 atom stereocenters. The van der Waals surface area contributed by atoms with Gasteiger partial charge in [0, 0.05) is 51.1 Å². The molecule has 0 spiro atoms. The summed E-state index contributed by atoms with van der Waals surface area (Å²) < 4.78 is 5.55. The molecular weight excluding hydrogens is 386 g/mol. The summed E-state index contributed by atoms with van der Waals surface area (Å²) in [6.45, 7) is 9.14. The number of aliphatic imine (C=N–C) groups is 1. The lowest BCUT2D eigenvalue weighted by Gasteiger charge is -2.35. The van der Waals surface area contributed by atoms with Gasteiger partial charge < -0.3 is 20.3 Å². The molecule has 3 heterocycles. The topological polar surface area (TPSA) is 69.2 Å². The van der Waals surface area contributed by atoms with Crippen molar-refractivity contribution in [2.75, 3.05) is 59.5 Å². The van der Waals surface area contributed by atoms with Crippen molar-refractivity contribution < 1.29 is 9.53 Å². The Balaban J connectivity index is 1.63. The van der Waals surface area contributed by atoms with E-state index in [2.05, 4.69) is 44.9 Å². The zero-order valence-corrected chi connectivity index (χ0v) is 18.5. The number of nitrogens with one attached hydrogen (secondary N) is 2. The molecule has 1 aromatic heterocycles. The van der Waals surface area contributed by atoms with Gasteiger partial charge in [-0.05, 0) is 37.1 Å². The molecule has 1 amide bonds.